The molecule has 23 heavy (non-hydrogen) atoms. The Morgan fingerprint density at radius 2 is 1.78 bits per heavy atom. The SMILES string of the molecule is OCCC#Cc1ccc2nc(-c3ccc(Cl)cc3)nc(Cl)c2c1. The summed E-state index contributed by atoms with van der Waals surface area (Å²) in [6.45, 7) is 0.0505. The predicted octanol–water partition coefficient (Wildman–Crippen LogP) is 4.34. The van der Waals surface area contributed by atoms with Crippen molar-refractivity contribution in [3.05, 3.63) is 58.2 Å². The molecule has 0 spiro atoms. The van der Waals surface area contributed by atoms with Crippen molar-refractivity contribution in [1.29, 1.82) is 0 Å². The van der Waals surface area contributed by atoms with Gasteiger partial charge in [0.25, 0.3) is 0 Å². The lowest BCUT2D eigenvalue weighted by molar-refractivity contribution is 0.305. The maximum atomic E-state index is 8.76. The topological polar surface area (TPSA) is 46.0 Å². The van der Waals surface area contributed by atoms with Crippen molar-refractivity contribution >= 4 is 34.1 Å². The molecule has 3 nitrogen and oxygen atoms in total. The standard InChI is InChI=1S/C18H12Cl2N2O/c19-14-7-5-13(6-8-14)18-21-16-9-4-12(3-1-2-10-23)11-15(16)17(20)22-18/h4-9,11,23H,2,10H2. The van der Waals surface area contributed by atoms with Crippen LogP contribution in [0.2, 0.25) is 10.2 Å². The van der Waals surface area contributed by atoms with Crippen LogP contribution in [0.15, 0.2) is 42.5 Å². The van der Waals surface area contributed by atoms with E-state index in [9.17, 15) is 0 Å². The minimum Gasteiger partial charge on any atom is -0.395 e. The fourth-order valence-corrected chi connectivity index (χ4v) is 2.47. The van der Waals surface area contributed by atoms with Crippen LogP contribution in [0.25, 0.3) is 22.3 Å². The fourth-order valence-electron chi connectivity index (χ4n) is 2.12. The summed E-state index contributed by atoms with van der Waals surface area (Å²) in [5.74, 6) is 6.41. The summed E-state index contributed by atoms with van der Waals surface area (Å²) in [6, 6.07) is 12.9. The average Bonchev–Trinajstić information content (AvgIpc) is 2.56. The normalized spacial score (nSPS) is 10.4. The molecule has 0 fully saturated rings. The number of fused-ring (bicyclic) bond motifs is 1. The van der Waals surface area contributed by atoms with Crippen LogP contribution in [0.4, 0.5) is 0 Å². The molecule has 0 aliphatic carbocycles. The molecule has 0 atom stereocenters. The van der Waals surface area contributed by atoms with Crippen LogP contribution in [0, 0.1) is 11.8 Å². The van der Waals surface area contributed by atoms with E-state index in [1.54, 1.807) is 12.1 Å². The Hall–Kier alpha value is -2.12. The molecule has 1 aromatic heterocycles. The summed E-state index contributed by atoms with van der Waals surface area (Å²) >= 11 is 12.2. The average molecular weight is 343 g/mol. The van der Waals surface area contributed by atoms with E-state index in [4.69, 9.17) is 28.3 Å². The molecule has 3 rings (SSSR count). The second kappa shape index (κ2) is 6.97. The van der Waals surface area contributed by atoms with Gasteiger partial charge in [-0.1, -0.05) is 35.0 Å². The van der Waals surface area contributed by atoms with Crippen molar-refractivity contribution in [3.8, 4) is 23.2 Å². The molecule has 1 heterocycles. The van der Waals surface area contributed by atoms with Crippen molar-refractivity contribution in [1.82, 2.24) is 9.97 Å². The van der Waals surface area contributed by atoms with Crippen LogP contribution in [0.3, 0.4) is 0 Å². The Balaban J connectivity index is 2.04. The first kappa shape index (κ1) is 15.8. The smallest absolute Gasteiger partial charge is 0.161 e. The van der Waals surface area contributed by atoms with Gasteiger partial charge < -0.3 is 5.11 Å². The summed E-state index contributed by atoms with van der Waals surface area (Å²) in [6.07, 6.45) is 0.442. The molecule has 0 radical (unpaired) electrons. The van der Waals surface area contributed by atoms with Crippen LogP contribution >= 0.6 is 23.2 Å². The van der Waals surface area contributed by atoms with Gasteiger partial charge >= 0.3 is 0 Å². The molecule has 2 aromatic carbocycles. The fraction of sp³-hybridized carbons (Fsp3) is 0.111. The van der Waals surface area contributed by atoms with Gasteiger partial charge in [0.15, 0.2) is 5.82 Å². The Morgan fingerprint density at radius 1 is 1.00 bits per heavy atom. The third-order valence-corrected chi connectivity index (χ3v) is 3.76. The maximum absolute atomic E-state index is 8.76. The molecule has 0 amide bonds. The molecule has 0 bridgehead atoms. The summed E-state index contributed by atoms with van der Waals surface area (Å²) in [5.41, 5.74) is 2.42. The zero-order valence-electron chi connectivity index (χ0n) is 12.1. The number of aliphatic hydroxyl groups is 1. The van der Waals surface area contributed by atoms with E-state index in [0.717, 1.165) is 22.0 Å². The predicted molar refractivity (Wildman–Crippen MR) is 93.6 cm³/mol. The maximum Gasteiger partial charge on any atom is 0.161 e. The number of hydrogen-bond acceptors (Lipinski definition) is 3. The molecule has 114 valence electrons. The Labute approximate surface area is 143 Å². The quantitative estimate of drug-likeness (QED) is 0.556. The van der Waals surface area contributed by atoms with Crippen LogP contribution in [-0.2, 0) is 0 Å². The van der Waals surface area contributed by atoms with E-state index >= 15 is 0 Å². The minimum absolute atomic E-state index is 0.0505. The molecular formula is C18H12Cl2N2O. The van der Waals surface area contributed by atoms with Crippen molar-refractivity contribution in [2.75, 3.05) is 6.61 Å². The Bertz CT molecular complexity index is 912. The molecule has 0 aliphatic rings. The van der Waals surface area contributed by atoms with Crippen LogP contribution in [0.1, 0.15) is 12.0 Å². The molecular weight excluding hydrogens is 331 g/mol. The number of benzene rings is 2. The lowest BCUT2D eigenvalue weighted by Crippen LogP contribution is -1.92. The first-order chi connectivity index (χ1) is 11.2. The number of rotatable bonds is 2. The molecule has 0 saturated heterocycles. The third kappa shape index (κ3) is 3.62. The molecule has 3 aromatic rings. The van der Waals surface area contributed by atoms with Gasteiger partial charge in [-0.05, 0) is 42.5 Å². The monoisotopic (exact) mass is 342 g/mol. The molecule has 0 unspecified atom stereocenters. The van der Waals surface area contributed by atoms with Crippen LogP contribution in [-0.4, -0.2) is 21.7 Å². The van der Waals surface area contributed by atoms with Crippen molar-refractivity contribution < 1.29 is 5.11 Å². The summed E-state index contributed by atoms with van der Waals surface area (Å²) in [4.78, 5) is 8.91. The van der Waals surface area contributed by atoms with Gasteiger partial charge in [-0.15, -0.1) is 0 Å². The van der Waals surface area contributed by atoms with E-state index in [2.05, 4.69) is 21.8 Å². The first-order valence-electron chi connectivity index (χ1n) is 7.00. The number of nitrogens with zero attached hydrogens (tertiary/aromatic N) is 2. The molecule has 0 saturated carbocycles. The zero-order chi connectivity index (χ0) is 16.2. The lowest BCUT2D eigenvalue weighted by atomic mass is 10.1. The largest absolute Gasteiger partial charge is 0.395 e. The Morgan fingerprint density at radius 3 is 2.52 bits per heavy atom. The Kier molecular flexibility index (Phi) is 4.78. The molecule has 5 heteroatoms. The van der Waals surface area contributed by atoms with Crippen LogP contribution in [0.5, 0.6) is 0 Å². The second-order valence-corrected chi connectivity index (χ2v) is 5.65. The number of hydrogen-bond donors (Lipinski definition) is 1. The highest BCUT2D eigenvalue weighted by molar-refractivity contribution is 6.34. The third-order valence-electron chi connectivity index (χ3n) is 3.22. The minimum atomic E-state index is 0.0505. The van der Waals surface area contributed by atoms with Crippen LogP contribution < -0.4 is 0 Å². The van der Waals surface area contributed by atoms with Crippen molar-refractivity contribution in [3.63, 3.8) is 0 Å². The van der Waals surface area contributed by atoms with Gasteiger partial charge in [0.1, 0.15) is 5.15 Å². The highest BCUT2D eigenvalue weighted by Gasteiger charge is 2.08. The van der Waals surface area contributed by atoms with Gasteiger partial charge in [0, 0.05) is 28.0 Å². The lowest BCUT2D eigenvalue weighted by Gasteiger charge is -2.05. The molecule has 0 aliphatic heterocycles. The van der Waals surface area contributed by atoms with Gasteiger partial charge in [-0.3, -0.25) is 0 Å². The van der Waals surface area contributed by atoms with E-state index < -0.39 is 0 Å². The second-order valence-electron chi connectivity index (χ2n) is 4.85. The van der Waals surface area contributed by atoms with E-state index in [0.29, 0.717) is 22.4 Å². The number of halogens is 2. The number of aromatic nitrogens is 2. The zero-order valence-corrected chi connectivity index (χ0v) is 13.6. The highest BCUT2D eigenvalue weighted by atomic mass is 35.5. The molecule has 1 N–H and O–H groups in total. The summed E-state index contributed by atoms with van der Waals surface area (Å²) < 4.78 is 0. The van der Waals surface area contributed by atoms with E-state index in [-0.39, 0.29) is 6.61 Å². The first-order valence-corrected chi connectivity index (χ1v) is 7.76. The van der Waals surface area contributed by atoms with Gasteiger partial charge in [-0.2, -0.15) is 0 Å². The van der Waals surface area contributed by atoms with E-state index in [1.165, 1.54) is 0 Å². The van der Waals surface area contributed by atoms with Gasteiger partial charge in [0.05, 0.1) is 12.1 Å². The highest BCUT2D eigenvalue weighted by Crippen LogP contribution is 2.26. The van der Waals surface area contributed by atoms with Crippen molar-refractivity contribution in [2.24, 2.45) is 0 Å². The number of aliphatic hydroxyl groups excluding tert-OH is 1. The van der Waals surface area contributed by atoms with Gasteiger partial charge in [-0.25, -0.2) is 9.97 Å². The van der Waals surface area contributed by atoms with Crippen molar-refractivity contribution in [2.45, 2.75) is 6.42 Å². The summed E-state index contributed by atoms with van der Waals surface area (Å²) in [7, 11) is 0. The van der Waals surface area contributed by atoms with E-state index in [1.807, 2.05) is 30.3 Å². The summed E-state index contributed by atoms with van der Waals surface area (Å²) in [5, 5.41) is 10.6. The van der Waals surface area contributed by atoms with Gasteiger partial charge in [0.2, 0.25) is 0 Å².